The number of anilines is 2. The van der Waals surface area contributed by atoms with Crippen molar-refractivity contribution < 1.29 is 5.11 Å². The molecule has 0 heterocycles. The third-order valence-electron chi connectivity index (χ3n) is 2.22. The van der Waals surface area contributed by atoms with Gasteiger partial charge in [-0.3, -0.25) is 0 Å². The highest BCUT2D eigenvalue weighted by molar-refractivity contribution is 5.62. The van der Waals surface area contributed by atoms with E-state index in [4.69, 9.17) is 16.6 Å². The molecule has 0 aliphatic carbocycles. The Morgan fingerprint density at radius 3 is 2.15 bits per heavy atom. The first kappa shape index (κ1) is 9.86. The SMILES string of the molecule is CCc1c(N)ccc(N)c1CCO. The molecular formula is C10H16N2O. The molecule has 0 aliphatic heterocycles. The molecule has 3 heteroatoms. The number of nitrogens with two attached hydrogens (primary N) is 2. The molecule has 0 aromatic heterocycles. The van der Waals surface area contributed by atoms with Crippen LogP contribution in [0, 0.1) is 0 Å². The highest BCUT2D eigenvalue weighted by Gasteiger charge is 2.07. The van der Waals surface area contributed by atoms with E-state index in [1.165, 1.54) is 0 Å². The molecule has 0 aliphatic rings. The Morgan fingerprint density at radius 1 is 1.15 bits per heavy atom. The molecule has 1 aromatic rings. The summed E-state index contributed by atoms with van der Waals surface area (Å²) in [5.74, 6) is 0. The topological polar surface area (TPSA) is 72.3 Å². The number of rotatable bonds is 3. The van der Waals surface area contributed by atoms with Crippen molar-refractivity contribution >= 4 is 11.4 Å². The number of benzene rings is 1. The normalized spacial score (nSPS) is 10.3. The van der Waals surface area contributed by atoms with Gasteiger partial charge >= 0.3 is 0 Å². The van der Waals surface area contributed by atoms with Crippen molar-refractivity contribution in [3.05, 3.63) is 23.3 Å². The molecule has 0 unspecified atom stereocenters. The van der Waals surface area contributed by atoms with Crippen LogP contribution in [-0.2, 0) is 12.8 Å². The summed E-state index contributed by atoms with van der Waals surface area (Å²) < 4.78 is 0. The monoisotopic (exact) mass is 180 g/mol. The van der Waals surface area contributed by atoms with Gasteiger partial charge in [0.25, 0.3) is 0 Å². The maximum atomic E-state index is 8.86. The first-order valence-corrected chi connectivity index (χ1v) is 4.47. The number of nitrogen functional groups attached to an aromatic ring is 2. The van der Waals surface area contributed by atoms with Crippen LogP contribution in [0.25, 0.3) is 0 Å². The first-order chi connectivity index (χ1) is 6.20. The standard InChI is InChI=1S/C10H16N2O/c1-2-7-8(5-6-13)10(12)4-3-9(7)11/h3-4,13H,2,5-6,11-12H2,1H3. The van der Waals surface area contributed by atoms with E-state index in [1.807, 2.05) is 13.0 Å². The molecule has 0 fully saturated rings. The minimum Gasteiger partial charge on any atom is -0.398 e. The Balaban J connectivity index is 3.18. The lowest BCUT2D eigenvalue weighted by Gasteiger charge is -2.12. The third-order valence-corrected chi connectivity index (χ3v) is 2.22. The van der Waals surface area contributed by atoms with Crippen LogP contribution in [0.5, 0.6) is 0 Å². The highest BCUT2D eigenvalue weighted by Crippen LogP contribution is 2.24. The second-order valence-electron chi connectivity index (χ2n) is 3.03. The summed E-state index contributed by atoms with van der Waals surface area (Å²) in [6.45, 7) is 2.15. The van der Waals surface area contributed by atoms with Crippen LogP contribution < -0.4 is 11.5 Å². The van der Waals surface area contributed by atoms with Crippen molar-refractivity contribution in [2.24, 2.45) is 0 Å². The second kappa shape index (κ2) is 4.14. The van der Waals surface area contributed by atoms with Crippen molar-refractivity contribution in [1.82, 2.24) is 0 Å². The van der Waals surface area contributed by atoms with Gasteiger partial charge in [0.15, 0.2) is 0 Å². The summed E-state index contributed by atoms with van der Waals surface area (Å²) in [5, 5.41) is 8.86. The van der Waals surface area contributed by atoms with E-state index in [0.717, 1.165) is 28.9 Å². The molecule has 0 atom stereocenters. The second-order valence-corrected chi connectivity index (χ2v) is 3.03. The molecule has 5 N–H and O–H groups in total. The molecule has 13 heavy (non-hydrogen) atoms. The van der Waals surface area contributed by atoms with Crippen LogP contribution in [-0.4, -0.2) is 11.7 Å². The molecule has 0 saturated heterocycles. The van der Waals surface area contributed by atoms with E-state index < -0.39 is 0 Å². The summed E-state index contributed by atoms with van der Waals surface area (Å²) in [7, 11) is 0. The van der Waals surface area contributed by atoms with Gasteiger partial charge in [-0.1, -0.05) is 6.92 Å². The van der Waals surface area contributed by atoms with Crippen LogP contribution in [0.1, 0.15) is 18.1 Å². The zero-order chi connectivity index (χ0) is 9.84. The molecule has 0 radical (unpaired) electrons. The van der Waals surface area contributed by atoms with Gasteiger partial charge in [0.1, 0.15) is 0 Å². The highest BCUT2D eigenvalue weighted by atomic mass is 16.2. The van der Waals surface area contributed by atoms with Gasteiger partial charge in [-0.2, -0.15) is 0 Å². The average Bonchev–Trinajstić information content (AvgIpc) is 2.12. The van der Waals surface area contributed by atoms with Crippen molar-refractivity contribution in [1.29, 1.82) is 0 Å². The molecule has 0 bridgehead atoms. The molecule has 3 nitrogen and oxygen atoms in total. The summed E-state index contributed by atoms with van der Waals surface area (Å²) in [5.41, 5.74) is 15.1. The third kappa shape index (κ3) is 1.92. The van der Waals surface area contributed by atoms with Crippen LogP contribution >= 0.6 is 0 Å². The van der Waals surface area contributed by atoms with E-state index in [-0.39, 0.29) is 6.61 Å². The number of hydrogen-bond acceptors (Lipinski definition) is 3. The van der Waals surface area contributed by atoms with Crippen LogP contribution in [0.4, 0.5) is 11.4 Å². The maximum absolute atomic E-state index is 8.86. The lowest BCUT2D eigenvalue weighted by Crippen LogP contribution is -2.05. The van der Waals surface area contributed by atoms with Crippen LogP contribution in [0.2, 0.25) is 0 Å². The molecule has 1 rings (SSSR count). The van der Waals surface area contributed by atoms with Crippen molar-refractivity contribution in [2.75, 3.05) is 18.1 Å². The van der Waals surface area contributed by atoms with E-state index in [9.17, 15) is 0 Å². The fraction of sp³-hybridized carbons (Fsp3) is 0.400. The molecule has 0 amide bonds. The fourth-order valence-electron chi connectivity index (χ4n) is 1.55. The van der Waals surface area contributed by atoms with Gasteiger partial charge in [-0.15, -0.1) is 0 Å². The summed E-state index contributed by atoms with van der Waals surface area (Å²) in [4.78, 5) is 0. The van der Waals surface area contributed by atoms with Crippen molar-refractivity contribution in [2.45, 2.75) is 19.8 Å². The maximum Gasteiger partial charge on any atom is 0.0472 e. The zero-order valence-corrected chi connectivity index (χ0v) is 7.88. The Bertz CT molecular complexity index is 297. The van der Waals surface area contributed by atoms with Crippen LogP contribution in [0.15, 0.2) is 12.1 Å². The quantitative estimate of drug-likeness (QED) is 0.606. The molecule has 0 saturated carbocycles. The Labute approximate surface area is 78.4 Å². The Morgan fingerprint density at radius 2 is 1.69 bits per heavy atom. The van der Waals surface area contributed by atoms with Gasteiger partial charge in [-0.25, -0.2) is 0 Å². The van der Waals surface area contributed by atoms with E-state index in [0.29, 0.717) is 6.42 Å². The minimum absolute atomic E-state index is 0.112. The number of hydrogen-bond donors (Lipinski definition) is 3. The lowest BCUT2D eigenvalue weighted by molar-refractivity contribution is 0.299. The molecule has 72 valence electrons. The minimum atomic E-state index is 0.112. The Kier molecular flexibility index (Phi) is 3.14. The van der Waals surface area contributed by atoms with E-state index in [1.54, 1.807) is 6.07 Å². The summed E-state index contributed by atoms with van der Waals surface area (Å²) >= 11 is 0. The average molecular weight is 180 g/mol. The van der Waals surface area contributed by atoms with E-state index >= 15 is 0 Å². The molecule has 0 spiro atoms. The number of aliphatic hydroxyl groups is 1. The van der Waals surface area contributed by atoms with E-state index in [2.05, 4.69) is 0 Å². The van der Waals surface area contributed by atoms with Gasteiger partial charge in [-0.05, 0) is 36.1 Å². The van der Waals surface area contributed by atoms with Gasteiger partial charge in [0.05, 0.1) is 0 Å². The predicted molar refractivity (Wildman–Crippen MR) is 55.4 cm³/mol. The van der Waals surface area contributed by atoms with Gasteiger partial charge < -0.3 is 16.6 Å². The predicted octanol–water partition coefficient (Wildman–Crippen LogP) is 0.948. The largest absolute Gasteiger partial charge is 0.398 e. The summed E-state index contributed by atoms with van der Waals surface area (Å²) in [6, 6.07) is 3.61. The fourth-order valence-corrected chi connectivity index (χ4v) is 1.55. The van der Waals surface area contributed by atoms with Crippen molar-refractivity contribution in [3.8, 4) is 0 Å². The lowest BCUT2D eigenvalue weighted by atomic mass is 9.99. The first-order valence-electron chi connectivity index (χ1n) is 4.47. The van der Waals surface area contributed by atoms with Gasteiger partial charge in [0, 0.05) is 18.0 Å². The van der Waals surface area contributed by atoms with Gasteiger partial charge in [0.2, 0.25) is 0 Å². The van der Waals surface area contributed by atoms with Crippen LogP contribution in [0.3, 0.4) is 0 Å². The zero-order valence-electron chi connectivity index (χ0n) is 7.88. The summed E-state index contributed by atoms with van der Waals surface area (Å²) in [6.07, 6.45) is 1.44. The molecular weight excluding hydrogens is 164 g/mol. The smallest absolute Gasteiger partial charge is 0.0472 e. The molecule has 1 aromatic carbocycles. The number of aliphatic hydroxyl groups excluding tert-OH is 1. The Hall–Kier alpha value is -1.22. The van der Waals surface area contributed by atoms with Crippen molar-refractivity contribution in [3.63, 3.8) is 0 Å².